The van der Waals surface area contributed by atoms with Crippen LogP contribution in [0.4, 0.5) is 0 Å². The number of nitriles is 1. The molecule has 0 aromatic heterocycles. The average molecular weight is 268 g/mol. The molecule has 3 nitrogen and oxygen atoms in total. The maximum Gasteiger partial charge on any atom is 0.307 e. The van der Waals surface area contributed by atoms with Crippen molar-refractivity contribution in [3.63, 3.8) is 0 Å². The molecule has 1 aromatic rings. The lowest BCUT2D eigenvalue weighted by Gasteiger charge is -2.06. The highest BCUT2D eigenvalue weighted by Crippen LogP contribution is 2.22. The maximum absolute atomic E-state index is 10.6. The van der Waals surface area contributed by atoms with Gasteiger partial charge in [-0.25, -0.2) is 0 Å². The van der Waals surface area contributed by atoms with Crippen molar-refractivity contribution in [2.24, 2.45) is 0 Å². The summed E-state index contributed by atoms with van der Waals surface area (Å²) in [5.74, 6) is -0.873. The molecule has 78 valence electrons. The smallest absolute Gasteiger partial charge is 0.307 e. The van der Waals surface area contributed by atoms with Crippen LogP contribution >= 0.6 is 15.9 Å². The molecule has 0 atom stereocenters. The van der Waals surface area contributed by atoms with Crippen LogP contribution in [-0.2, 0) is 17.6 Å². The molecular formula is C11H10BrNO2. The molecule has 0 aliphatic heterocycles. The van der Waals surface area contributed by atoms with Gasteiger partial charge in [0.25, 0.3) is 0 Å². The number of nitrogens with zero attached hydrogens (tertiary/aromatic N) is 1. The van der Waals surface area contributed by atoms with Crippen LogP contribution in [0.5, 0.6) is 0 Å². The van der Waals surface area contributed by atoms with Gasteiger partial charge in [-0.15, -0.1) is 0 Å². The monoisotopic (exact) mass is 267 g/mol. The highest BCUT2D eigenvalue weighted by atomic mass is 79.9. The van der Waals surface area contributed by atoms with E-state index in [-0.39, 0.29) is 6.42 Å². The van der Waals surface area contributed by atoms with Crippen LogP contribution in [0.2, 0.25) is 0 Å². The molecule has 0 aliphatic rings. The maximum atomic E-state index is 10.6. The summed E-state index contributed by atoms with van der Waals surface area (Å²) in [7, 11) is 0. The second-order valence-corrected chi connectivity index (χ2v) is 3.99. The SMILES string of the molecule is CCc1cc(CC(=O)O)c(Br)cc1C#N. The Balaban J connectivity index is 3.21. The largest absolute Gasteiger partial charge is 0.481 e. The predicted molar refractivity (Wildman–Crippen MR) is 59.6 cm³/mol. The van der Waals surface area contributed by atoms with E-state index < -0.39 is 5.97 Å². The zero-order valence-electron chi connectivity index (χ0n) is 8.25. The van der Waals surface area contributed by atoms with Crippen molar-refractivity contribution in [3.8, 4) is 6.07 Å². The quantitative estimate of drug-likeness (QED) is 0.916. The Kier molecular flexibility index (Phi) is 3.87. The number of halogens is 1. The third-order valence-electron chi connectivity index (χ3n) is 2.12. The van der Waals surface area contributed by atoms with Crippen LogP contribution in [0, 0.1) is 11.3 Å². The molecule has 0 heterocycles. The Morgan fingerprint density at radius 1 is 1.53 bits per heavy atom. The number of carbonyl (C=O) groups is 1. The number of aryl methyl sites for hydroxylation is 1. The minimum absolute atomic E-state index is 0.0285. The van der Waals surface area contributed by atoms with E-state index in [1.165, 1.54) is 0 Å². The zero-order valence-corrected chi connectivity index (χ0v) is 9.84. The third kappa shape index (κ3) is 2.80. The first-order chi connectivity index (χ1) is 7.08. The number of hydrogen-bond acceptors (Lipinski definition) is 2. The summed E-state index contributed by atoms with van der Waals surface area (Å²) in [5.41, 5.74) is 2.19. The van der Waals surface area contributed by atoms with Gasteiger partial charge in [-0.3, -0.25) is 4.79 Å². The summed E-state index contributed by atoms with van der Waals surface area (Å²) in [6.07, 6.45) is 0.697. The summed E-state index contributed by atoms with van der Waals surface area (Å²) < 4.78 is 0.679. The molecule has 0 unspecified atom stereocenters. The van der Waals surface area contributed by atoms with Crippen LogP contribution in [0.3, 0.4) is 0 Å². The molecule has 0 saturated heterocycles. The Labute approximate surface area is 96.5 Å². The van der Waals surface area contributed by atoms with Crippen molar-refractivity contribution < 1.29 is 9.90 Å². The fraction of sp³-hybridized carbons (Fsp3) is 0.273. The predicted octanol–water partition coefficient (Wildman–Crippen LogP) is 2.51. The van der Waals surface area contributed by atoms with Gasteiger partial charge >= 0.3 is 5.97 Å². The van der Waals surface area contributed by atoms with E-state index in [2.05, 4.69) is 22.0 Å². The van der Waals surface area contributed by atoms with E-state index in [4.69, 9.17) is 10.4 Å². The first kappa shape index (κ1) is 11.7. The molecule has 0 fully saturated rings. The van der Waals surface area contributed by atoms with E-state index in [1.54, 1.807) is 12.1 Å². The molecule has 0 radical (unpaired) electrons. The van der Waals surface area contributed by atoms with E-state index in [0.717, 1.165) is 12.0 Å². The average Bonchev–Trinajstić information content (AvgIpc) is 2.19. The van der Waals surface area contributed by atoms with Gasteiger partial charge in [-0.2, -0.15) is 5.26 Å². The lowest BCUT2D eigenvalue weighted by atomic mass is 10.0. The first-order valence-corrected chi connectivity index (χ1v) is 5.31. The Bertz CT molecular complexity index is 435. The molecule has 15 heavy (non-hydrogen) atoms. The van der Waals surface area contributed by atoms with Crippen LogP contribution in [0.1, 0.15) is 23.6 Å². The van der Waals surface area contributed by atoms with Gasteiger partial charge < -0.3 is 5.11 Å². The molecule has 0 bridgehead atoms. The molecule has 0 amide bonds. The van der Waals surface area contributed by atoms with E-state index in [9.17, 15) is 4.79 Å². The first-order valence-electron chi connectivity index (χ1n) is 4.51. The van der Waals surface area contributed by atoms with Crippen molar-refractivity contribution in [2.75, 3.05) is 0 Å². The second kappa shape index (κ2) is 4.94. The van der Waals surface area contributed by atoms with Crippen molar-refractivity contribution in [3.05, 3.63) is 33.3 Å². The number of hydrogen-bond donors (Lipinski definition) is 1. The van der Waals surface area contributed by atoms with Gasteiger partial charge in [0.05, 0.1) is 18.1 Å². The third-order valence-corrected chi connectivity index (χ3v) is 2.85. The van der Waals surface area contributed by atoms with Gasteiger partial charge in [-0.1, -0.05) is 28.9 Å². The number of carboxylic acids is 1. The van der Waals surface area contributed by atoms with Crippen LogP contribution in [0.25, 0.3) is 0 Å². The van der Waals surface area contributed by atoms with Crippen LogP contribution in [-0.4, -0.2) is 11.1 Å². The van der Waals surface area contributed by atoms with Gasteiger partial charge in [0, 0.05) is 4.47 Å². The van der Waals surface area contributed by atoms with Crippen LogP contribution in [0.15, 0.2) is 16.6 Å². The molecule has 0 saturated carbocycles. The normalized spacial score (nSPS) is 9.67. The summed E-state index contributed by atoms with van der Waals surface area (Å²) in [5, 5.41) is 17.6. The molecule has 0 aliphatic carbocycles. The number of aliphatic carboxylic acids is 1. The Morgan fingerprint density at radius 2 is 2.20 bits per heavy atom. The highest BCUT2D eigenvalue weighted by Gasteiger charge is 2.09. The van der Waals surface area contributed by atoms with E-state index in [1.807, 2.05) is 6.92 Å². The second-order valence-electron chi connectivity index (χ2n) is 3.14. The Hall–Kier alpha value is -1.34. The van der Waals surface area contributed by atoms with E-state index >= 15 is 0 Å². The fourth-order valence-electron chi connectivity index (χ4n) is 1.36. The minimum atomic E-state index is -0.873. The number of carboxylic acid groups (broad SMARTS) is 1. The van der Waals surface area contributed by atoms with E-state index in [0.29, 0.717) is 15.6 Å². The molecule has 1 N–H and O–H groups in total. The molecule has 0 spiro atoms. The summed E-state index contributed by atoms with van der Waals surface area (Å²) >= 11 is 3.27. The summed E-state index contributed by atoms with van der Waals surface area (Å²) in [6, 6.07) is 5.54. The number of rotatable bonds is 3. The van der Waals surface area contributed by atoms with Crippen LogP contribution < -0.4 is 0 Å². The van der Waals surface area contributed by atoms with Gasteiger partial charge in [0.2, 0.25) is 0 Å². The fourth-order valence-corrected chi connectivity index (χ4v) is 1.85. The van der Waals surface area contributed by atoms with Crippen molar-refractivity contribution in [1.29, 1.82) is 5.26 Å². The summed E-state index contributed by atoms with van der Waals surface area (Å²) in [4.78, 5) is 10.6. The molecule has 1 rings (SSSR count). The van der Waals surface area contributed by atoms with Crippen molar-refractivity contribution >= 4 is 21.9 Å². The standard InChI is InChI=1S/C11H10BrNO2/c1-2-7-3-8(5-11(14)15)10(12)4-9(7)6-13/h3-4H,2,5H2,1H3,(H,14,15). The summed E-state index contributed by atoms with van der Waals surface area (Å²) in [6.45, 7) is 1.94. The number of benzene rings is 1. The topological polar surface area (TPSA) is 61.1 Å². The van der Waals surface area contributed by atoms with Gasteiger partial charge in [-0.05, 0) is 23.6 Å². The van der Waals surface area contributed by atoms with Crippen molar-refractivity contribution in [1.82, 2.24) is 0 Å². The molecule has 1 aromatic carbocycles. The minimum Gasteiger partial charge on any atom is -0.481 e. The van der Waals surface area contributed by atoms with Crippen molar-refractivity contribution in [2.45, 2.75) is 19.8 Å². The highest BCUT2D eigenvalue weighted by molar-refractivity contribution is 9.10. The lowest BCUT2D eigenvalue weighted by Crippen LogP contribution is -2.02. The molecule has 4 heteroatoms. The lowest BCUT2D eigenvalue weighted by molar-refractivity contribution is -0.136. The van der Waals surface area contributed by atoms with Gasteiger partial charge in [0.1, 0.15) is 0 Å². The van der Waals surface area contributed by atoms with Gasteiger partial charge in [0.15, 0.2) is 0 Å². The molecular weight excluding hydrogens is 258 g/mol. The zero-order chi connectivity index (χ0) is 11.4. The Morgan fingerprint density at radius 3 is 2.67 bits per heavy atom.